The lowest BCUT2D eigenvalue weighted by Crippen LogP contribution is -2.46. The summed E-state index contributed by atoms with van der Waals surface area (Å²) in [6, 6.07) is 9.22. The number of nitrogens with zero attached hydrogens (tertiary/aromatic N) is 1. The average molecular weight is 324 g/mol. The lowest BCUT2D eigenvalue weighted by atomic mass is 9.99. The van der Waals surface area contributed by atoms with Gasteiger partial charge in [0.05, 0.1) is 12.8 Å². The number of fused-ring (bicyclic) bond motifs is 1. The SMILES string of the molecule is c1cc2c(cc1CCc1cncc(OCC3CCN3)c1)CCCO2. The van der Waals surface area contributed by atoms with E-state index in [9.17, 15) is 0 Å². The molecular formula is C20H24N2O2. The minimum atomic E-state index is 0.506. The summed E-state index contributed by atoms with van der Waals surface area (Å²) in [4.78, 5) is 4.32. The Balaban J connectivity index is 1.35. The van der Waals surface area contributed by atoms with Crippen LogP contribution in [0.5, 0.6) is 11.5 Å². The zero-order valence-electron chi connectivity index (χ0n) is 14.0. The molecule has 4 nitrogen and oxygen atoms in total. The number of rotatable bonds is 6. The maximum atomic E-state index is 5.84. The number of aromatic nitrogens is 1. The van der Waals surface area contributed by atoms with Crippen LogP contribution in [0.3, 0.4) is 0 Å². The molecule has 24 heavy (non-hydrogen) atoms. The molecule has 126 valence electrons. The second kappa shape index (κ2) is 7.22. The summed E-state index contributed by atoms with van der Waals surface area (Å²) >= 11 is 0. The molecule has 1 unspecified atom stereocenters. The Bertz CT molecular complexity index is 698. The van der Waals surface area contributed by atoms with Gasteiger partial charge < -0.3 is 14.8 Å². The maximum absolute atomic E-state index is 5.84. The monoisotopic (exact) mass is 324 g/mol. The van der Waals surface area contributed by atoms with Gasteiger partial charge in [-0.15, -0.1) is 0 Å². The van der Waals surface area contributed by atoms with E-state index in [1.54, 1.807) is 6.20 Å². The first-order valence-corrected chi connectivity index (χ1v) is 8.91. The van der Waals surface area contributed by atoms with Gasteiger partial charge >= 0.3 is 0 Å². The van der Waals surface area contributed by atoms with E-state index in [1.807, 2.05) is 6.20 Å². The molecule has 0 amide bonds. The minimum absolute atomic E-state index is 0.506. The molecule has 0 bridgehead atoms. The Morgan fingerprint density at radius 3 is 2.96 bits per heavy atom. The van der Waals surface area contributed by atoms with Crippen molar-refractivity contribution in [2.24, 2.45) is 0 Å². The van der Waals surface area contributed by atoms with E-state index in [2.05, 4.69) is 34.6 Å². The molecule has 2 aliphatic heterocycles. The fourth-order valence-electron chi connectivity index (χ4n) is 3.22. The maximum Gasteiger partial charge on any atom is 0.137 e. The van der Waals surface area contributed by atoms with E-state index < -0.39 is 0 Å². The Hall–Kier alpha value is -2.07. The van der Waals surface area contributed by atoms with Crippen LogP contribution in [0.4, 0.5) is 0 Å². The summed E-state index contributed by atoms with van der Waals surface area (Å²) in [5.41, 5.74) is 3.94. The Labute approximate surface area is 143 Å². The van der Waals surface area contributed by atoms with Crippen LogP contribution in [0, 0.1) is 0 Å². The highest BCUT2D eigenvalue weighted by atomic mass is 16.5. The third kappa shape index (κ3) is 3.70. The van der Waals surface area contributed by atoms with Gasteiger partial charge in [0, 0.05) is 12.2 Å². The van der Waals surface area contributed by atoms with E-state index in [-0.39, 0.29) is 0 Å². The van der Waals surface area contributed by atoms with Gasteiger partial charge in [-0.05, 0) is 67.5 Å². The molecule has 4 heteroatoms. The van der Waals surface area contributed by atoms with Crippen LogP contribution in [0.25, 0.3) is 0 Å². The summed E-state index contributed by atoms with van der Waals surface area (Å²) in [6.07, 6.45) is 9.19. The number of benzene rings is 1. The lowest BCUT2D eigenvalue weighted by Gasteiger charge is -2.27. The van der Waals surface area contributed by atoms with Crippen LogP contribution < -0.4 is 14.8 Å². The number of ether oxygens (including phenoxy) is 2. The van der Waals surface area contributed by atoms with E-state index >= 15 is 0 Å². The average Bonchev–Trinajstić information content (AvgIpc) is 2.59. The highest BCUT2D eigenvalue weighted by molar-refractivity contribution is 5.39. The van der Waals surface area contributed by atoms with Crippen molar-refractivity contribution in [3.63, 3.8) is 0 Å². The molecule has 2 aliphatic rings. The summed E-state index contributed by atoms with van der Waals surface area (Å²) in [7, 11) is 0. The lowest BCUT2D eigenvalue weighted by molar-refractivity contribution is 0.217. The van der Waals surface area contributed by atoms with Crippen LogP contribution >= 0.6 is 0 Å². The van der Waals surface area contributed by atoms with Crippen LogP contribution in [-0.2, 0) is 19.3 Å². The van der Waals surface area contributed by atoms with Crippen molar-refractivity contribution in [1.82, 2.24) is 10.3 Å². The Morgan fingerprint density at radius 2 is 2.08 bits per heavy atom. The normalized spacial score (nSPS) is 19.1. The van der Waals surface area contributed by atoms with Gasteiger partial charge in [0.25, 0.3) is 0 Å². The molecule has 1 aromatic carbocycles. The molecule has 0 aliphatic carbocycles. The molecular weight excluding hydrogens is 300 g/mol. The fraction of sp³-hybridized carbons (Fsp3) is 0.450. The summed E-state index contributed by atoms with van der Waals surface area (Å²) < 4.78 is 11.5. The second-order valence-electron chi connectivity index (χ2n) is 6.67. The Kier molecular flexibility index (Phi) is 4.65. The molecule has 2 aromatic rings. The smallest absolute Gasteiger partial charge is 0.137 e. The largest absolute Gasteiger partial charge is 0.493 e. The van der Waals surface area contributed by atoms with Crippen molar-refractivity contribution < 1.29 is 9.47 Å². The van der Waals surface area contributed by atoms with E-state index in [0.29, 0.717) is 6.04 Å². The van der Waals surface area contributed by atoms with Gasteiger partial charge in [-0.2, -0.15) is 0 Å². The van der Waals surface area contributed by atoms with Gasteiger partial charge in [-0.3, -0.25) is 4.98 Å². The van der Waals surface area contributed by atoms with Crippen LogP contribution in [-0.4, -0.2) is 30.8 Å². The van der Waals surface area contributed by atoms with Crippen molar-refractivity contribution in [2.45, 2.75) is 38.1 Å². The third-order valence-corrected chi connectivity index (χ3v) is 4.82. The van der Waals surface area contributed by atoms with Crippen molar-refractivity contribution in [1.29, 1.82) is 0 Å². The first-order chi connectivity index (χ1) is 11.9. The van der Waals surface area contributed by atoms with Crippen molar-refractivity contribution in [3.05, 3.63) is 53.3 Å². The predicted octanol–water partition coefficient (Wildman–Crippen LogP) is 2.93. The molecule has 0 radical (unpaired) electrons. The molecule has 1 N–H and O–H groups in total. The zero-order chi connectivity index (χ0) is 16.2. The summed E-state index contributed by atoms with van der Waals surface area (Å²) in [5, 5.41) is 3.35. The molecule has 3 heterocycles. The quantitative estimate of drug-likeness (QED) is 0.887. The first-order valence-electron chi connectivity index (χ1n) is 8.91. The topological polar surface area (TPSA) is 43.4 Å². The van der Waals surface area contributed by atoms with E-state index in [4.69, 9.17) is 9.47 Å². The second-order valence-corrected chi connectivity index (χ2v) is 6.67. The summed E-state index contributed by atoms with van der Waals surface area (Å²) in [5.74, 6) is 1.94. The van der Waals surface area contributed by atoms with Crippen molar-refractivity contribution in [3.8, 4) is 11.5 Å². The highest BCUT2D eigenvalue weighted by Crippen LogP contribution is 2.26. The van der Waals surface area contributed by atoms with Crippen LogP contribution in [0.15, 0.2) is 36.7 Å². The molecule has 1 atom stereocenters. The van der Waals surface area contributed by atoms with E-state index in [1.165, 1.54) is 23.1 Å². The van der Waals surface area contributed by atoms with Gasteiger partial charge in [-0.1, -0.05) is 12.1 Å². The van der Waals surface area contributed by atoms with Gasteiger partial charge in [0.1, 0.15) is 18.1 Å². The number of aryl methyl sites for hydroxylation is 3. The fourth-order valence-corrected chi connectivity index (χ4v) is 3.22. The van der Waals surface area contributed by atoms with Crippen molar-refractivity contribution in [2.75, 3.05) is 19.8 Å². The van der Waals surface area contributed by atoms with E-state index in [0.717, 1.165) is 56.9 Å². The van der Waals surface area contributed by atoms with Gasteiger partial charge in [0.2, 0.25) is 0 Å². The van der Waals surface area contributed by atoms with Crippen LogP contribution in [0.1, 0.15) is 29.5 Å². The molecule has 1 fully saturated rings. The highest BCUT2D eigenvalue weighted by Gasteiger charge is 2.16. The third-order valence-electron chi connectivity index (χ3n) is 4.82. The van der Waals surface area contributed by atoms with Crippen LogP contribution in [0.2, 0.25) is 0 Å². The molecule has 4 rings (SSSR count). The molecule has 0 saturated carbocycles. The molecule has 1 saturated heterocycles. The first kappa shape index (κ1) is 15.5. The van der Waals surface area contributed by atoms with Gasteiger partial charge in [0.15, 0.2) is 0 Å². The number of hydrogen-bond acceptors (Lipinski definition) is 4. The molecule has 0 spiro atoms. The zero-order valence-corrected chi connectivity index (χ0v) is 14.0. The minimum Gasteiger partial charge on any atom is -0.493 e. The predicted molar refractivity (Wildman–Crippen MR) is 93.8 cm³/mol. The van der Waals surface area contributed by atoms with Gasteiger partial charge in [-0.25, -0.2) is 0 Å². The number of pyridine rings is 1. The molecule has 1 aromatic heterocycles. The Morgan fingerprint density at radius 1 is 1.17 bits per heavy atom. The van der Waals surface area contributed by atoms with Crippen molar-refractivity contribution >= 4 is 0 Å². The standard InChI is InChI=1S/C20H24N2O2/c1-2-17-10-15(5-6-20(17)23-9-1)3-4-16-11-19(13-21-12-16)24-14-18-7-8-22-18/h5-6,10-13,18,22H,1-4,7-9,14H2. The summed E-state index contributed by atoms with van der Waals surface area (Å²) in [6.45, 7) is 2.69. The number of hydrogen-bond donors (Lipinski definition) is 1. The number of nitrogens with one attached hydrogen (secondary N) is 1.